The second-order valence-corrected chi connectivity index (χ2v) is 6.78. The number of piperidine rings is 1. The molecule has 124 valence electrons. The van der Waals surface area contributed by atoms with Crippen molar-refractivity contribution in [1.82, 2.24) is 15.5 Å². The van der Waals surface area contributed by atoms with Gasteiger partial charge in [0.2, 0.25) is 5.91 Å². The first kappa shape index (κ1) is 16.8. The Kier molecular flexibility index (Phi) is 5.45. The molecule has 2 aliphatic heterocycles. The molecule has 3 amide bonds. The highest BCUT2D eigenvalue weighted by atomic mass is 16.5. The van der Waals surface area contributed by atoms with Crippen LogP contribution in [0.4, 0.5) is 4.79 Å². The number of likely N-dealkylation sites (N-methyl/N-ethyl adjacent to an activating group) is 1. The number of urea groups is 1. The second kappa shape index (κ2) is 7.13. The fourth-order valence-electron chi connectivity index (χ4n) is 2.92. The lowest BCUT2D eigenvalue weighted by Gasteiger charge is -2.32. The molecule has 0 aromatic rings. The minimum absolute atomic E-state index is 0.0353. The van der Waals surface area contributed by atoms with Crippen molar-refractivity contribution in [2.24, 2.45) is 5.41 Å². The summed E-state index contributed by atoms with van der Waals surface area (Å²) in [6, 6.07) is -0.124. The van der Waals surface area contributed by atoms with E-state index in [9.17, 15) is 9.59 Å². The lowest BCUT2D eigenvalue weighted by Crippen LogP contribution is -2.52. The molecule has 0 spiro atoms. The standard InChI is InChI=1S/C16H27N3O3/c1-16(2,12-6-8-22-9-7-12)11-17-15(21)18-13-4-5-14(20)19(3)10-13/h6,13H,4-5,7-11H2,1-3H3,(H2,17,18,21). The molecule has 6 heteroatoms. The van der Waals surface area contributed by atoms with Crippen molar-refractivity contribution >= 4 is 11.9 Å². The van der Waals surface area contributed by atoms with Gasteiger partial charge in [0.1, 0.15) is 0 Å². The minimum Gasteiger partial charge on any atom is -0.377 e. The first-order valence-corrected chi connectivity index (χ1v) is 7.94. The van der Waals surface area contributed by atoms with Crippen LogP contribution in [0.2, 0.25) is 0 Å². The summed E-state index contributed by atoms with van der Waals surface area (Å²) in [5.74, 6) is 0.144. The summed E-state index contributed by atoms with van der Waals surface area (Å²) >= 11 is 0. The lowest BCUT2D eigenvalue weighted by atomic mass is 9.81. The highest BCUT2D eigenvalue weighted by Gasteiger charge is 2.27. The summed E-state index contributed by atoms with van der Waals surface area (Å²) in [6.45, 7) is 6.86. The van der Waals surface area contributed by atoms with Gasteiger partial charge in [0.25, 0.3) is 0 Å². The first-order chi connectivity index (χ1) is 10.4. The molecule has 1 fully saturated rings. The monoisotopic (exact) mass is 309 g/mol. The van der Waals surface area contributed by atoms with Crippen LogP contribution < -0.4 is 10.6 Å². The minimum atomic E-state index is -0.159. The Morgan fingerprint density at radius 1 is 1.45 bits per heavy atom. The summed E-state index contributed by atoms with van der Waals surface area (Å²) in [5, 5.41) is 5.92. The van der Waals surface area contributed by atoms with Crippen LogP contribution in [0.25, 0.3) is 0 Å². The predicted octanol–water partition coefficient (Wildman–Crippen LogP) is 1.28. The number of amides is 3. The Hall–Kier alpha value is -1.56. The summed E-state index contributed by atoms with van der Waals surface area (Å²) in [4.78, 5) is 25.2. The Morgan fingerprint density at radius 3 is 2.86 bits per heavy atom. The van der Waals surface area contributed by atoms with Crippen LogP contribution in [0.15, 0.2) is 11.6 Å². The van der Waals surface area contributed by atoms with Gasteiger partial charge in [0.15, 0.2) is 0 Å². The van der Waals surface area contributed by atoms with Crippen molar-refractivity contribution in [1.29, 1.82) is 0 Å². The normalized spacial score (nSPS) is 23.0. The maximum Gasteiger partial charge on any atom is 0.315 e. The highest BCUT2D eigenvalue weighted by molar-refractivity contribution is 5.78. The average molecular weight is 309 g/mol. The molecule has 0 radical (unpaired) electrons. The van der Waals surface area contributed by atoms with Gasteiger partial charge in [-0.05, 0) is 12.8 Å². The van der Waals surface area contributed by atoms with Crippen LogP contribution in [0.3, 0.4) is 0 Å². The molecule has 0 aromatic heterocycles. The Bertz CT molecular complexity index is 460. The molecular weight excluding hydrogens is 282 g/mol. The van der Waals surface area contributed by atoms with E-state index in [0.29, 0.717) is 32.5 Å². The van der Waals surface area contributed by atoms with Crippen molar-refractivity contribution in [3.8, 4) is 0 Å². The smallest absolute Gasteiger partial charge is 0.315 e. The Morgan fingerprint density at radius 2 is 2.23 bits per heavy atom. The molecular formula is C16H27N3O3. The Balaban J connectivity index is 1.77. The number of rotatable bonds is 4. The van der Waals surface area contributed by atoms with Crippen LogP contribution in [0.1, 0.15) is 33.1 Å². The van der Waals surface area contributed by atoms with E-state index in [0.717, 1.165) is 13.0 Å². The summed E-state index contributed by atoms with van der Waals surface area (Å²) in [7, 11) is 1.77. The van der Waals surface area contributed by atoms with Crippen molar-refractivity contribution in [3.63, 3.8) is 0 Å². The number of carbonyl (C=O) groups excluding carboxylic acids is 2. The van der Waals surface area contributed by atoms with E-state index in [2.05, 4.69) is 30.6 Å². The molecule has 0 aromatic carbocycles. The Labute approximate surface area is 132 Å². The van der Waals surface area contributed by atoms with Crippen molar-refractivity contribution in [2.75, 3.05) is 33.4 Å². The van der Waals surface area contributed by atoms with Crippen LogP contribution >= 0.6 is 0 Å². The van der Waals surface area contributed by atoms with E-state index < -0.39 is 0 Å². The molecule has 1 atom stereocenters. The van der Waals surface area contributed by atoms with Gasteiger partial charge < -0.3 is 20.3 Å². The molecule has 2 aliphatic rings. The molecule has 2 rings (SSSR count). The van der Waals surface area contributed by atoms with E-state index >= 15 is 0 Å². The number of ether oxygens (including phenoxy) is 1. The zero-order valence-corrected chi connectivity index (χ0v) is 13.8. The van der Waals surface area contributed by atoms with E-state index in [1.54, 1.807) is 11.9 Å². The van der Waals surface area contributed by atoms with Gasteiger partial charge in [-0.3, -0.25) is 4.79 Å². The van der Waals surface area contributed by atoms with Crippen LogP contribution in [-0.4, -0.2) is 56.2 Å². The summed E-state index contributed by atoms with van der Waals surface area (Å²) in [6.07, 6.45) is 4.25. The number of nitrogens with one attached hydrogen (secondary N) is 2. The molecule has 2 N–H and O–H groups in total. The second-order valence-electron chi connectivity index (χ2n) is 6.78. The van der Waals surface area contributed by atoms with Gasteiger partial charge >= 0.3 is 6.03 Å². The van der Waals surface area contributed by atoms with Gasteiger partial charge in [-0.15, -0.1) is 0 Å². The van der Waals surface area contributed by atoms with Gasteiger partial charge in [-0.1, -0.05) is 25.5 Å². The molecule has 0 bridgehead atoms. The first-order valence-electron chi connectivity index (χ1n) is 7.94. The van der Waals surface area contributed by atoms with Crippen molar-refractivity contribution in [2.45, 2.75) is 39.2 Å². The zero-order valence-electron chi connectivity index (χ0n) is 13.8. The van der Waals surface area contributed by atoms with E-state index in [1.807, 2.05) is 0 Å². The van der Waals surface area contributed by atoms with Gasteiger partial charge in [0.05, 0.1) is 13.2 Å². The lowest BCUT2D eigenvalue weighted by molar-refractivity contribution is -0.132. The third kappa shape index (κ3) is 4.47. The summed E-state index contributed by atoms with van der Waals surface area (Å²) in [5.41, 5.74) is 1.27. The maximum absolute atomic E-state index is 12.1. The molecule has 2 heterocycles. The quantitative estimate of drug-likeness (QED) is 0.769. The number of likely N-dealkylation sites (tertiary alicyclic amines) is 1. The molecule has 22 heavy (non-hydrogen) atoms. The fraction of sp³-hybridized carbons (Fsp3) is 0.750. The maximum atomic E-state index is 12.1. The number of carbonyl (C=O) groups is 2. The predicted molar refractivity (Wildman–Crippen MR) is 84.5 cm³/mol. The SMILES string of the molecule is CN1CC(NC(=O)NCC(C)(C)C2=CCOCC2)CCC1=O. The molecule has 1 saturated heterocycles. The van der Waals surface area contributed by atoms with Crippen molar-refractivity contribution < 1.29 is 14.3 Å². The molecule has 0 aliphatic carbocycles. The third-order valence-electron chi connectivity index (χ3n) is 4.49. The zero-order chi connectivity index (χ0) is 16.2. The number of nitrogens with zero attached hydrogens (tertiary/aromatic N) is 1. The average Bonchev–Trinajstić information content (AvgIpc) is 2.50. The van der Waals surface area contributed by atoms with E-state index in [-0.39, 0.29) is 23.4 Å². The van der Waals surface area contributed by atoms with E-state index in [4.69, 9.17) is 4.74 Å². The van der Waals surface area contributed by atoms with Crippen LogP contribution in [0, 0.1) is 5.41 Å². The summed E-state index contributed by atoms with van der Waals surface area (Å²) < 4.78 is 5.33. The van der Waals surface area contributed by atoms with Crippen LogP contribution in [-0.2, 0) is 9.53 Å². The van der Waals surface area contributed by atoms with Gasteiger partial charge in [-0.25, -0.2) is 4.79 Å². The van der Waals surface area contributed by atoms with Gasteiger partial charge in [-0.2, -0.15) is 0 Å². The topological polar surface area (TPSA) is 70.7 Å². The van der Waals surface area contributed by atoms with Crippen LogP contribution in [0.5, 0.6) is 0 Å². The van der Waals surface area contributed by atoms with Gasteiger partial charge in [0, 0.05) is 38.0 Å². The molecule has 0 saturated carbocycles. The number of hydrogen-bond acceptors (Lipinski definition) is 3. The molecule has 6 nitrogen and oxygen atoms in total. The number of hydrogen-bond donors (Lipinski definition) is 2. The van der Waals surface area contributed by atoms with E-state index in [1.165, 1.54) is 5.57 Å². The fourth-order valence-corrected chi connectivity index (χ4v) is 2.92. The van der Waals surface area contributed by atoms with Crippen molar-refractivity contribution in [3.05, 3.63) is 11.6 Å². The largest absolute Gasteiger partial charge is 0.377 e. The highest BCUT2D eigenvalue weighted by Crippen LogP contribution is 2.29. The molecule has 1 unspecified atom stereocenters. The third-order valence-corrected chi connectivity index (χ3v) is 4.49.